The third-order valence-electron chi connectivity index (χ3n) is 2.69. The summed E-state index contributed by atoms with van der Waals surface area (Å²) >= 11 is 1.68. The van der Waals surface area contributed by atoms with Crippen molar-refractivity contribution in [2.24, 2.45) is 0 Å². The van der Waals surface area contributed by atoms with Crippen molar-refractivity contribution < 1.29 is 9.18 Å². The standard InChI is InChI=1S/C14H14FNOS/c1-16(8-7-13-6-3-9-18-13)14(17)11-4-2-5-12(15)10-11/h2-6,9-10H,7-8H2,1H3. The number of halogens is 1. The van der Waals surface area contributed by atoms with Crippen molar-refractivity contribution in [3.05, 3.63) is 58.0 Å². The summed E-state index contributed by atoms with van der Waals surface area (Å²) in [5, 5.41) is 2.02. The van der Waals surface area contributed by atoms with Crippen LogP contribution >= 0.6 is 11.3 Å². The van der Waals surface area contributed by atoms with Gasteiger partial charge in [0.2, 0.25) is 0 Å². The lowest BCUT2D eigenvalue weighted by Gasteiger charge is -2.16. The molecule has 0 atom stereocenters. The fraction of sp³-hybridized carbons (Fsp3) is 0.214. The number of nitrogens with zero attached hydrogens (tertiary/aromatic N) is 1. The minimum absolute atomic E-state index is 0.147. The van der Waals surface area contributed by atoms with Gasteiger partial charge in [-0.05, 0) is 36.1 Å². The van der Waals surface area contributed by atoms with Gasteiger partial charge in [0.1, 0.15) is 5.82 Å². The summed E-state index contributed by atoms with van der Waals surface area (Å²) in [5.41, 5.74) is 0.392. The fourth-order valence-electron chi connectivity index (χ4n) is 1.68. The number of thiophene rings is 1. The van der Waals surface area contributed by atoms with Crippen molar-refractivity contribution in [2.45, 2.75) is 6.42 Å². The third-order valence-corrected chi connectivity index (χ3v) is 3.63. The maximum atomic E-state index is 13.0. The lowest BCUT2D eigenvalue weighted by Crippen LogP contribution is -2.28. The minimum atomic E-state index is -0.382. The first-order valence-corrected chi connectivity index (χ1v) is 6.58. The van der Waals surface area contributed by atoms with E-state index in [0.717, 1.165) is 6.42 Å². The van der Waals surface area contributed by atoms with Gasteiger partial charge in [0.25, 0.3) is 5.91 Å². The van der Waals surface area contributed by atoms with E-state index in [1.54, 1.807) is 35.4 Å². The predicted molar refractivity (Wildman–Crippen MR) is 71.4 cm³/mol. The van der Waals surface area contributed by atoms with E-state index in [4.69, 9.17) is 0 Å². The SMILES string of the molecule is CN(CCc1cccs1)C(=O)c1cccc(F)c1. The summed E-state index contributed by atoms with van der Waals surface area (Å²) in [6, 6.07) is 9.83. The first-order chi connectivity index (χ1) is 8.66. The van der Waals surface area contributed by atoms with Crippen LogP contribution < -0.4 is 0 Å². The summed E-state index contributed by atoms with van der Waals surface area (Å²) in [4.78, 5) is 14.9. The van der Waals surface area contributed by atoms with Gasteiger partial charge in [-0.1, -0.05) is 12.1 Å². The van der Waals surface area contributed by atoms with Gasteiger partial charge in [0.15, 0.2) is 0 Å². The van der Waals surface area contributed by atoms with Crippen molar-refractivity contribution >= 4 is 17.2 Å². The topological polar surface area (TPSA) is 20.3 Å². The van der Waals surface area contributed by atoms with E-state index < -0.39 is 0 Å². The Labute approximate surface area is 110 Å². The summed E-state index contributed by atoms with van der Waals surface area (Å²) in [7, 11) is 1.74. The molecule has 0 spiro atoms. The molecule has 2 aromatic rings. The van der Waals surface area contributed by atoms with Crippen LogP contribution in [-0.2, 0) is 6.42 Å². The Bertz CT molecular complexity index is 524. The molecule has 0 aliphatic carbocycles. The molecule has 0 aliphatic heterocycles. The monoisotopic (exact) mass is 263 g/mol. The highest BCUT2D eigenvalue weighted by Gasteiger charge is 2.12. The zero-order valence-electron chi connectivity index (χ0n) is 10.1. The largest absolute Gasteiger partial charge is 0.341 e. The summed E-state index contributed by atoms with van der Waals surface area (Å²) in [6.45, 7) is 0.635. The van der Waals surface area contributed by atoms with Gasteiger partial charge in [-0.3, -0.25) is 4.79 Å². The second-order valence-corrected chi connectivity index (χ2v) is 5.10. The van der Waals surface area contributed by atoms with Crippen molar-refractivity contribution in [3.63, 3.8) is 0 Å². The highest BCUT2D eigenvalue weighted by atomic mass is 32.1. The van der Waals surface area contributed by atoms with Crippen LogP contribution in [0.5, 0.6) is 0 Å². The second kappa shape index (κ2) is 5.78. The molecule has 0 bridgehead atoms. The highest BCUT2D eigenvalue weighted by molar-refractivity contribution is 7.09. The Morgan fingerprint density at radius 1 is 1.33 bits per heavy atom. The van der Waals surface area contributed by atoms with Gasteiger partial charge in [-0.2, -0.15) is 0 Å². The molecule has 4 heteroatoms. The van der Waals surface area contributed by atoms with Crippen LogP contribution in [0.4, 0.5) is 4.39 Å². The minimum Gasteiger partial charge on any atom is -0.341 e. The normalized spacial score (nSPS) is 10.3. The molecule has 1 aromatic carbocycles. The maximum absolute atomic E-state index is 13.0. The van der Waals surface area contributed by atoms with Crippen LogP contribution in [0.15, 0.2) is 41.8 Å². The smallest absolute Gasteiger partial charge is 0.253 e. The fourth-order valence-corrected chi connectivity index (χ4v) is 2.37. The molecule has 2 rings (SSSR count). The summed E-state index contributed by atoms with van der Waals surface area (Å²) in [6.07, 6.45) is 0.829. The molecular weight excluding hydrogens is 249 g/mol. The van der Waals surface area contributed by atoms with E-state index in [1.165, 1.54) is 17.0 Å². The average molecular weight is 263 g/mol. The molecule has 0 saturated heterocycles. The molecule has 0 aliphatic rings. The lowest BCUT2D eigenvalue weighted by atomic mass is 10.2. The number of amides is 1. The molecule has 94 valence electrons. The molecule has 18 heavy (non-hydrogen) atoms. The number of rotatable bonds is 4. The van der Waals surface area contributed by atoms with E-state index in [9.17, 15) is 9.18 Å². The van der Waals surface area contributed by atoms with E-state index in [0.29, 0.717) is 12.1 Å². The predicted octanol–water partition coefficient (Wildman–Crippen LogP) is 3.20. The zero-order chi connectivity index (χ0) is 13.0. The van der Waals surface area contributed by atoms with Crippen LogP contribution in [0.1, 0.15) is 15.2 Å². The zero-order valence-corrected chi connectivity index (χ0v) is 10.9. The van der Waals surface area contributed by atoms with Crippen LogP contribution in [0.2, 0.25) is 0 Å². The van der Waals surface area contributed by atoms with E-state index >= 15 is 0 Å². The van der Waals surface area contributed by atoms with E-state index in [-0.39, 0.29) is 11.7 Å². The van der Waals surface area contributed by atoms with Gasteiger partial charge < -0.3 is 4.90 Å². The van der Waals surface area contributed by atoms with Crippen molar-refractivity contribution in [2.75, 3.05) is 13.6 Å². The third kappa shape index (κ3) is 3.17. The van der Waals surface area contributed by atoms with Crippen LogP contribution in [0, 0.1) is 5.82 Å². The number of hydrogen-bond donors (Lipinski definition) is 0. The Kier molecular flexibility index (Phi) is 4.10. The molecule has 2 nitrogen and oxygen atoms in total. The number of benzene rings is 1. The van der Waals surface area contributed by atoms with E-state index in [1.807, 2.05) is 17.5 Å². The summed E-state index contributed by atoms with van der Waals surface area (Å²) < 4.78 is 13.0. The number of hydrogen-bond acceptors (Lipinski definition) is 2. The Balaban J connectivity index is 1.96. The van der Waals surface area contributed by atoms with Crippen LogP contribution in [0.3, 0.4) is 0 Å². The Hall–Kier alpha value is -1.68. The quantitative estimate of drug-likeness (QED) is 0.829. The van der Waals surface area contributed by atoms with Crippen LogP contribution in [0.25, 0.3) is 0 Å². The molecular formula is C14H14FNOS. The molecule has 0 N–H and O–H groups in total. The Morgan fingerprint density at radius 2 is 2.17 bits per heavy atom. The van der Waals surface area contributed by atoms with Gasteiger partial charge in [0, 0.05) is 24.0 Å². The van der Waals surface area contributed by atoms with Gasteiger partial charge in [-0.15, -0.1) is 11.3 Å². The van der Waals surface area contributed by atoms with Crippen molar-refractivity contribution in [1.82, 2.24) is 4.90 Å². The molecule has 0 fully saturated rings. The lowest BCUT2D eigenvalue weighted by molar-refractivity contribution is 0.0796. The maximum Gasteiger partial charge on any atom is 0.253 e. The van der Waals surface area contributed by atoms with Crippen molar-refractivity contribution in [1.29, 1.82) is 0 Å². The first-order valence-electron chi connectivity index (χ1n) is 5.70. The second-order valence-electron chi connectivity index (χ2n) is 4.07. The molecule has 0 saturated carbocycles. The number of likely N-dealkylation sites (N-methyl/N-ethyl adjacent to an activating group) is 1. The summed E-state index contributed by atoms with van der Waals surface area (Å²) in [5.74, 6) is -0.529. The van der Waals surface area contributed by atoms with E-state index in [2.05, 4.69) is 0 Å². The molecule has 1 aromatic heterocycles. The molecule has 0 radical (unpaired) electrons. The van der Waals surface area contributed by atoms with Gasteiger partial charge in [-0.25, -0.2) is 4.39 Å². The molecule has 1 heterocycles. The molecule has 1 amide bonds. The van der Waals surface area contributed by atoms with Gasteiger partial charge >= 0.3 is 0 Å². The molecule has 0 unspecified atom stereocenters. The highest BCUT2D eigenvalue weighted by Crippen LogP contribution is 2.11. The number of carbonyl (C=O) groups excluding carboxylic acids is 1. The average Bonchev–Trinajstić information content (AvgIpc) is 2.88. The van der Waals surface area contributed by atoms with Crippen LogP contribution in [-0.4, -0.2) is 24.4 Å². The van der Waals surface area contributed by atoms with Gasteiger partial charge in [0.05, 0.1) is 0 Å². The number of carbonyl (C=O) groups is 1. The first kappa shape index (κ1) is 12.8. The van der Waals surface area contributed by atoms with Crippen molar-refractivity contribution in [3.8, 4) is 0 Å². The Morgan fingerprint density at radius 3 is 2.83 bits per heavy atom.